The van der Waals surface area contributed by atoms with Gasteiger partial charge in [-0.2, -0.15) is 0 Å². The molecule has 0 saturated heterocycles. The average molecular weight is 405 g/mol. The number of carbonyl (C=O) groups excluding carboxylic acids is 2. The van der Waals surface area contributed by atoms with Crippen molar-refractivity contribution < 1.29 is 19.1 Å². The third kappa shape index (κ3) is 4.88. The molecule has 1 saturated carbocycles. The van der Waals surface area contributed by atoms with Crippen molar-refractivity contribution in [1.29, 1.82) is 0 Å². The van der Waals surface area contributed by atoms with Gasteiger partial charge in [0.25, 0.3) is 0 Å². The summed E-state index contributed by atoms with van der Waals surface area (Å²) >= 11 is 0. The Balaban J connectivity index is 1.82. The van der Waals surface area contributed by atoms with Crippen LogP contribution < -0.4 is 9.47 Å². The largest absolute Gasteiger partial charge is 0.493 e. The zero-order chi connectivity index (χ0) is 21.4. The van der Waals surface area contributed by atoms with Crippen molar-refractivity contribution in [3.63, 3.8) is 0 Å². The molecule has 3 rings (SSSR count). The number of hydrogen-bond donors (Lipinski definition) is 0. The van der Waals surface area contributed by atoms with Gasteiger partial charge in [-0.25, -0.2) is 0 Å². The summed E-state index contributed by atoms with van der Waals surface area (Å²) in [5, 5.41) is 0. The molecule has 0 amide bonds. The third-order valence-corrected chi connectivity index (χ3v) is 5.71. The first-order valence-corrected chi connectivity index (χ1v) is 10.3. The zero-order valence-electron chi connectivity index (χ0n) is 17.6. The lowest BCUT2D eigenvalue weighted by Gasteiger charge is -2.32. The number of ketones is 2. The van der Waals surface area contributed by atoms with Crippen molar-refractivity contribution in [1.82, 2.24) is 0 Å². The average Bonchev–Trinajstić information content (AvgIpc) is 2.81. The molecule has 2 aromatic rings. The fourth-order valence-corrected chi connectivity index (χ4v) is 3.95. The molecule has 1 aliphatic carbocycles. The van der Waals surface area contributed by atoms with E-state index in [0.29, 0.717) is 24.3 Å². The van der Waals surface area contributed by atoms with E-state index in [0.717, 1.165) is 30.4 Å². The van der Waals surface area contributed by atoms with Gasteiger partial charge in [0, 0.05) is 0 Å². The van der Waals surface area contributed by atoms with E-state index >= 15 is 0 Å². The number of rotatable bonds is 8. The van der Waals surface area contributed by atoms with Gasteiger partial charge in [0.05, 0.1) is 19.6 Å². The van der Waals surface area contributed by atoms with Crippen molar-refractivity contribution in [3.05, 3.63) is 71.8 Å². The molecule has 0 unspecified atom stereocenters. The number of benzene rings is 2. The standard InChI is InChI=1S/C26H28O4/c1-29-22-14-11-21(19-23(22)30-2)13-16-25(28)26(17-7-4-8-18-26)24(27)15-12-20-9-5-3-6-10-20/h3,5-6,9-16,19H,4,7-8,17-18H2,1-2H3/b15-12+,16-13+. The first-order valence-electron chi connectivity index (χ1n) is 10.3. The van der Waals surface area contributed by atoms with Crippen LogP contribution in [0.4, 0.5) is 0 Å². The maximum atomic E-state index is 13.2. The molecule has 0 atom stereocenters. The van der Waals surface area contributed by atoms with Crippen LogP contribution >= 0.6 is 0 Å². The fraction of sp³-hybridized carbons (Fsp3) is 0.308. The maximum absolute atomic E-state index is 13.2. The molecular formula is C26H28O4. The number of ether oxygens (including phenoxy) is 2. The molecular weight excluding hydrogens is 376 g/mol. The summed E-state index contributed by atoms with van der Waals surface area (Å²) in [4.78, 5) is 26.4. The number of hydrogen-bond acceptors (Lipinski definition) is 4. The predicted molar refractivity (Wildman–Crippen MR) is 120 cm³/mol. The van der Waals surface area contributed by atoms with E-state index in [2.05, 4.69) is 0 Å². The van der Waals surface area contributed by atoms with Gasteiger partial charge >= 0.3 is 0 Å². The Kier molecular flexibility index (Phi) is 7.23. The minimum Gasteiger partial charge on any atom is -0.493 e. The van der Waals surface area contributed by atoms with Gasteiger partial charge in [0.2, 0.25) is 0 Å². The summed E-state index contributed by atoms with van der Waals surface area (Å²) in [5.41, 5.74) is 0.806. The number of allylic oxidation sites excluding steroid dienone is 2. The van der Waals surface area contributed by atoms with Gasteiger partial charge in [0.15, 0.2) is 23.1 Å². The summed E-state index contributed by atoms with van der Waals surface area (Å²) in [6.07, 6.45) is 10.7. The molecule has 0 spiro atoms. The van der Waals surface area contributed by atoms with Gasteiger partial charge in [-0.1, -0.05) is 67.8 Å². The maximum Gasteiger partial charge on any atom is 0.169 e. The zero-order valence-corrected chi connectivity index (χ0v) is 17.6. The van der Waals surface area contributed by atoms with Gasteiger partial charge in [-0.15, -0.1) is 0 Å². The minimum atomic E-state index is -0.962. The summed E-state index contributed by atoms with van der Waals surface area (Å²) in [5.74, 6) is 1.00. The summed E-state index contributed by atoms with van der Waals surface area (Å²) in [6.45, 7) is 0. The lowest BCUT2D eigenvalue weighted by atomic mass is 9.68. The van der Waals surface area contributed by atoms with E-state index in [9.17, 15) is 9.59 Å². The van der Waals surface area contributed by atoms with Gasteiger partial charge in [0.1, 0.15) is 0 Å². The van der Waals surface area contributed by atoms with E-state index < -0.39 is 5.41 Å². The van der Waals surface area contributed by atoms with Crippen LogP contribution in [0.2, 0.25) is 0 Å². The summed E-state index contributed by atoms with van der Waals surface area (Å²) in [6, 6.07) is 15.1. The second-order valence-electron chi connectivity index (χ2n) is 7.56. The Hall–Kier alpha value is -3.14. The van der Waals surface area contributed by atoms with Crippen LogP contribution in [0.1, 0.15) is 43.2 Å². The van der Waals surface area contributed by atoms with E-state index in [1.54, 1.807) is 44.6 Å². The van der Waals surface area contributed by atoms with Crippen LogP contribution in [-0.4, -0.2) is 25.8 Å². The fourth-order valence-electron chi connectivity index (χ4n) is 3.95. The first-order chi connectivity index (χ1) is 14.6. The second-order valence-corrected chi connectivity index (χ2v) is 7.56. The van der Waals surface area contributed by atoms with E-state index in [-0.39, 0.29) is 11.6 Å². The quantitative estimate of drug-likeness (QED) is 0.429. The Morgan fingerprint density at radius 2 is 1.37 bits per heavy atom. The van der Waals surface area contributed by atoms with Crippen molar-refractivity contribution in [2.24, 2.45) is 5.41 Å². The lowest BCUT2D eigenvalue weighted by Crippen LogP contribution is -2.39. The topological polar surface area (TPSA) is 52.6 Å². The molecule has 1 aliphatic rings. The van der Waals surface area contributed by atoms with Crippen molar-refractivity contribution >= 4 is 23.7 Å². The number of methoxy groups -OCH3 is 2. The van der Waals surface area contributed by atoms with Gasteiger partial charge < -0.3 is 9.47 Å². The van der Waals surface area contributed by atoms with Crippen molar-refractivity contribution in [2.45, 2.75) is 32.1 Å². The minimum absolute atomic E-state index is 0.104. The van der Waals surface area contributed by atoms with Gasteiger partial charge in [-0.05, 0) is 48.3 Å². The molecule has 4 nitrogen and oxygen atoms in total. The number of carbonyl (C=O) groups is 2. The van der Waals surface area contributed by atoms with Crippen LogP contribution in [0.25, 0.3) is 12.2 Å². The summed E-state index contributed by atoms with van der Waals surface area (Å²) in [7, 11) is 3.16. The second kappa shape index (κ2) is 10.1. The van der Waals surface area contributed by atoms with Crippen LogP contribution in [0.5, 0.6) is 11.5 Å². The van der Waals surface area contributed by atoms with E-state index in [1.807, 2.05) is 42.5 Å². The van der Waals surface area contributed by atoms with Crippen LogP contribution in [0.3, 0.4) is 0 Å². The van der Waals surface area contributed by atoms with Crippen molar-refractivity contribution in [3.8, 4) is 11.5 Å². The highest BCUT2D eigenvalue weighted by molar-refractivity contribution is 6.17. The molecule has 0 aromatic heterocycles. The predicted octanol–water partition coefficient (Wildman–Crippen LogP) is 5.52. The van der Waals surface area contributed by atoms with Crippen LogP contribution in [0.15, 0.2) is 60.7 Å². The highest BCUT2D eigenvalue weighted by Gasteiger charge is 2.43. The molecule has 1 fully saturated rings. The molecule has 0 N–H and O–H groups in total. The Morgan fingerprint density at radius 1 is 0.767 bits per heavy atom. The highest BCUT2D eigenvalue weighted by Crippen LogP contribution is 2.39. The molecule has 4 heteroatoms. The molecule has 30 heavy (non-hydrogen) atoms. The highest BCUT2D eigenvalue weighted by atomic mass is 16.5. The molecule has 0 heterocycles. The van der Waals surface area contributed by atoms with Crippen LogP contribution in [0, 0.1) is 5.41 Å². The molecule has 0 bridgehead atoms. The normalized spacial score (nSPS) is 15.9. The van der Waals surface area contributed by atoms with Gasteiger partial charge in [-0.3, -0.25) is 9.59 Å². The smallest absolute Gasteiger partial charge is 0.169 e. The van der Waals surface area contributed by atoms with Crippen molar-refractivity contribution in [2.75, 3.05) is 14.2 Å². The van der Waals surface area contributed by atoms with E-state index in [1.165, 1.54) is 0 Å². The lowest BCUT2D eigenvalue weighted by molar-refractivity contribution is -0.137. The Labute approximate surface area is 178 Å². The first kappa shape index (κ1) is 21.6. The van der Waals surface area contributed by atoms with E-state index in [4.69, 9.17) is 9.47 Å². The Morgan fingerprint density at radius 3 is 1.97 bits per heavy atom. The van der Waals surface area contributed by atoms with Crippen LogP contribution in [-0.2, 0) is 9.59 Å². The molecule has 156 valence electrons. The SMILES string of the molecule is COc1ccc(/C=C/C(=O)C2(C(=O)/C=C/c3ccccc3)CCCCC2)cc1OC. The molecule has 2 aromatic carbocycles. The monoisotopic (exact) mass is 404 g/mol. The third-order valence-electron chi connectivity index (χ3n) is 5.71. The molecule has 0 radical (unpaired) electrons. The summed E-state index contributed by atoms with van der Waals surface area (Å²) < 4.78 is 10.6. The molecule has 0 aliphatic heterocycles. The Bertz CT molecular complexity index is 935.